The van der Waals surface area contributed by atoms with E-state index in [2.05, 4.69) is 15.7 Å². The summed E-state index contributed by atoms with van der Waals surface area (Å²) in [6.45, 7) is 0.0499. The van der Waals surface area contributed by atoms with Crippen LogP contribution >= 0.6 is 23.2 Å². The van der Waals surface area contributed by atoms with E-state index in [1.54, 1.807) is 43.6 Å². The Bertz CT molecular complexity index is 1010. The van der Waals surface area contributed by atoms with Gasteiger partial charge in [0.25, 0.3) is 5.91 Å². The van der Waals surface area contributed by atoms with Crippen molar-refractivity contribution in [1.82, 2.24) is 15.1 Å². The van der Waals surface area contributed by atoms with E-state index >= 15 is 0 Å². The second kappa shape index (κ2) is 9.45. The molecule has 9 heteroatoms. The summed E-state index contributed by atoms with van der Waals surface area (Å²) in [4.78, 5) is 24.4. The summed E-state index contributed by atoms with van der Waals surface area (Å²) in [6, 6.07) is 13.8. The van der Waals surface area contributed by atoms with Gasteiger partial charge in [-0.2, -0.15) is 5.10 Å². The van der Waals surface area contributed by atoms with Crippen LogP contribution in [0.1, 0.15) is 11.7 Å². The number of hydrogen-bond donors (Lipinski definition) is 2. The van der Waals surface area contributed by atoms with Crippen molar-refractivity contribution in [1.29, 1.82) is 0 Å². The predicted octanol–water partition coefficient (Wildman–Crippen LogP) is 3.69. The molecule has 150 valence electrons. The van der Waals surface area contributed by atoms with Crippen LogP contribution in [0.15, 0.2) is 60.9 Å². The first-order chi connectivity index (χ1) is 14.0. The lowest BCUT2D eigenvalue weighted by molar-refractivity contribution is -0.123. The third-order valence-corrected chi connectivity index (χ3v) is 4.71. The summed E-state index contributed by atoms with van der Waals surface area (Å²) in [6.07, 6.45) is 2.09. The standard InChI is InChI=1S/C20H18Cl2N4O3/c1-23-18(27)12-26-11-14(10-24-26)25-20(28)19(13-5-3-2-4-6-13)29-15-7-8-16(21)17(22)9-15/h2-11,19H,12H2,1H3,(H,23,27)(H,25,28). The summed E-state index contributed by atoms with van der Waals surface area (Å²) in [5.41, 5.74) is 1.10. The lowest BCUT2D eigenvalue weighted by Crippen LogP contribution is -2.25. The molecule has 1 heterocycles. The van der Waals surface area contributed by atoms with Crippen LogP contribution < -0.4 is 15.4 Å². The third kappa shape index (κ3) is 5.49. The van der Waals surface area contributed by atoms with Crippen LogP contribution in [0.5, 0.6) is 5.75 Å². The van der Waals surface area contributed by atoms with Gasteiger partial charge in [0.05, 0.1) is 21.9 Å². The first kappa shape index (κ1) is 20.7. The molecular weight excluding hydrogens is 415 g/mol. The van der Waals surface area contributed by atoms with Gasteiger partial charge in [0.2, 0.25) is 12.0 Å². The molecule has 1 atom stereocenters. The molecule has 0 saturated carbocycles. The molecule has 2 amide bonds. The van der Waals surface area contributed by atoms with Crippen LogP contribution in [-0.4, -0.2) is 28.6 Å². The molecule has 2 N–H and O–H groups in total. The van der Waals surface area contributed by atoms with E-state index in [1.807, 2.05) is 18.2 Å². The number of nitrogens with one attached hydrogen (secondary N) is 2. The van der Waals surface area contributed by atoms with E-state index < -0.39 is 12.0 Å². The molecular formula is C20H18Cl2N4O3. The Labute approximate surface area is 177 Å². The van der Waals surface area contributed by atoms with Crippen molar-refractivity contribution >= 4 is 40.7 Å². The van der Waals surface area contributed by atoms with Gasteiger partial charge in [0.1, 0.15) is 12.3 Å². The van der Waals surface area contributed by atoms with Crippen LogP contribution in [0.4, 0.5) is 5.69 Å². The topological polar surface area (TPSA) is 85.2 Å². The summed E-state index contributed by atoms with van der Waals surface area (Å²) < 4.78 is 7.34. The molecule has 3 rings (SSSR count). The van der Waals surface area contributed by atoms with Gasteiger partial charge in [0, 0.05) is 24.9 Å². The van der Waals surface area contributed by atoms with Gasteiger partial charge in [-0.25, -0.2) is 0 Å². The Balaban J connectivity index is 1.79. The van der Waals surface area contributed by atoms with Gasteiger partial charge in [-0.3, -0.25) is 14.3 Å². The fourth-order valence-corrected chi connectivity index (χ4v) is 2.82. The quantitative estimate of drug-likeness (QED) is 0.595. The lowest BCUT2D eigenvalue weighted by Gasteiger charge is -2.19. The number of carbonyl (C=O) groups is 2. The van der Waals surface area contributed by atoms with Crippen LogP contribution in [0, 0.1) is 0 Å². The smallest absolute Gasteiger partial charge is 0.270 e. The lowest BCUT2D eigenvalue weighted by atomic mass is 10.1. The summed E-state index contributed by atoms with van der Waals surface area (Å²) in [5, 5.41) is 10.1. The molecule has 2 aromatic carbocycles. The second-order valence-electron chi connectivity index (χ2n) is 6.07. The number of aromatic nitrogens is 2. The number of hydrogen-bond acceptors (Lipinski definition) is 4. The van der Waals surface area contributed by atoms with Gasteiger partial charge >= 0.3 is 0 Å². The Hall–Kier alpha value is -3.03. The van der Waals surface area contributed by atoms with Crippen molar-refractivity contribution in [2.75, 3.05) is 12.4 Å². The monoisotopic (exact) mass is 432 g/mol. The summed E-state index contributed by atoms with van der Waals surface area (Å²) in [7, 11) is 1.54. The SMILES string of the molecule is CNC(=O)Cn1cc(NC(=O)C(Oc2ccc(Cl)c(Cl)c2)c2ccccc2)cn1. The predicted molar refractivity (Wildman–Crippen MR) is 111 cm³/mol. The van der Waals surface area contributed by atoms with Crippen LogP contribution in [0.2, 0.25) is 10.0 Å². The largest absolute Gasteiger partial charge is 0.476 e. The molecule has 0 saturated heterocycles. The number of anilines is 1. The van der Waals surface area contributed by atoms with Crippen molar-refractivity contribution in [3.8, 4) is 5.75 Å². The summed E-state index contributed by atoms with van der Waals surface area (Å²) >= 11 is 12.0. The van der Waals surface area contributed by atoms with Crippen molar-refractivity contribution in [3.05, 3.63) is 76.5 Å². The number of amides is 2. The first-order valence-electron chi connectivity index (χ1n) is 8.67. The van der Waals surface area contributed by atoms with Gasteiger partial charge in [0.15, 0.2) is 0 Å². The number of likely N-dealkylation sites (N-methyl/N-ethyl adjacent to an activating group) is 1. The van der Waals surface area contributed by atoms with Crippen molar-refractivity contribution in [2.24, 2.45) is 0 Å². The molecule has 1 aromatic heterocycles. The van der Waals surface area contributed by atoms with Crippen LogP contribution in [0.25, 0.3) is 0 Å². The zero-order chi connectivity index (χ0) is 20.8. The van der Waals surface area contributed by atoms with Crippen molar-refractivity contribution in [3.63, 3.8) is 0 Å². The molecule has 0 bridgehead atoms. The van der Waals surface area contributed by atoms with E-state index in [0.29, 0.717) is 27.0 Å². The molecule has 0 aliphatic carbocycles. The molecule has 0 radical (unpaired) electrons. The Kier molecular flexibility index (Phi) is 6.74. The maximum absolute atomic E-state index is 12.9. The molecule has 0 aliphatic rings. The minimum atomic E-state index is -0.935. The summed E-state index contributed by atoms with van der Waals surface area (Å²) in [5.74, 6) is -0.198. The second-order valence-corrected chi connectivity index (χ2v) is 6.89. The highest BCUT2D eigenvalue weighted by molar-refractivity contribution is 6.42. The number of carbonyl (C=O) groups excluding carboxylic acids is 2. The van der Waals surface area contributed by atoms with Crippen LogP contribution in [0.3, 0.4) is 0 Å². The Morgan fingerprint density at radius 3 is 2.59 bits per heavy atom. The average Bonchev–Trinajstić information content (AvgIpc) is 3.15. The molecule has 29 heavy (non-hydrogen) atoms. The Morgan fingerprint density at radius 2 is 1.90 bits per heavy atom. The van der Waals surface area contributed by atoms with Gasteiger partial charge in [-0.05, 0) is 12.1 Å². The van der Waals surface area contributed by atoms with E-state index in [9.17, 15) is 9.59 Å². The maximum atomic E-state index is 12.9. The number of nitrogens with zero attached hydrogens (tertiary/aromatic N) is 2. The zero-order valence-electron chi connectivity index (χ0n) is 15.4. The fourth-order valence-electron chi connectivity index (χ4n) is 2.54. The highest BCUT2D eigenvalue weighted by Crippen LogP contribution is 2.30. The number of rotatable bonds is 7. The van der Waals surface area contributed by atoms with Gasteiger partial charge in [-0.1, -0.05) is 53.5 Å². The molecule has 0 aliphatic heterocycles. The van der Waals surface area contributed by atoms with E-state index in [4.69, 9.17) is 27.9 Å². The first-order valence-corrected chi connectivity index (χ1v) is 9.42. The zero-order valence-corrected chi connectivity index (χ0v) is 16.9. The van der Waals surface area contributed by atoms with E-state index in [-0.39, 0.29) is 12.5 Å². The molecule has 1 unspecified atom stereocenters. The minimum absolute atomic E-state index is 0.0499. The third-order valence-electron chi connectivity index (χ3n) is 3.97. The minimum Gasteiger partial charge on any atom is -0.476 e. The highest BCUT2D eigenvalue weighted by atomic mass is 35.5. The number of benzene rings is 2. The maximum Gasteiger partial charge on any atom is 0.270 e. The highest BCUT2D eigenvalue weighted by Gasteiger charge is 2.23. The van der Waals surface area contributed by atoms with Gasteiger partial charge in [-0.15, -0.1) is 0 Å². The normalized spacial score (nSPS) is 11.6. The van der Waals surface area contributed by atoms with Crippen LogP contribution in [-0.2, 0) is 16.1 Å². The number of ether oxygens (including phenoxy) is 1. The van der Waals surface area contributed by atoms with Gasteiger partial charge < -0.3 is 15.4 Å². The average molecular weight is 433 g/mol. The van der Waals surface area contributed by atoms with E-state index in [1.165, 1.54) is 10.9 Å². The molecule has 0 spiro atoms. The number of halogens is 2. The van der Waals surface area contributed by atoms with Crippen molar-refractivity contribution < 1.29 is 14.3 Å². The Morgan fingerprint density at radius 1 is 1.14 bits per heavy atom. The molecule has 7 nitrogen and oxygen atoms in total. The molecule has 0 fully saturated rings. The fraction of sp³-hybridized carbons (Fsp3) is 0.150. The van der Waals surface area contributed by atoms with Crippen molar-refractivity contribution in [2.45, 2.75) is 12.6 Å². The molecule has 3 aromatic rings. The van der Waals surface area contributed by atoms with E-state index in [0.717, 1.165) is 0 Å².